The summed E-state index contributed by atoms with van der Waals surface area (Å²) in [6, 6.07) is 10.0. The van der Waals surface area contributed by atoms with Gasteiger partial charge < -0.3 is 5.11 Å². The molecule has 1 aliphatic rings. The van der Waals surface area contributed by atoms with Crippen LogP contribution in [0, 0.1) is 0 Å². The van der Waals surface area contributed by atoms with E-state index < -0.39 is 11.4 Å². The van der Waals surface area contributed by atoms with Crippen LogP contribution in [-0.4, -0.2) is 20.9 Å². The van der Waals surface area contributed by atoms with E-state index in [4.69, 9.17) is 0 Å². The van der Waals surface area contributed by atoms with Gasteiger partial charge in [-0.2, -0.15) is 5.10 Å². The summed E-state index contributed by atoms with van der Waals surface area (Å²) in [5.41, 5.74) is 1.31. The largest absolute Gasteiger partial charge is 0.481 e. The van der Waals surface area contributed by atoms with Crippen molar-refractivity contribution in [1.82, 2.24) is 9.78 Å². The Hall–Kier alpha value is -2.10. The molecule has 0 bridgehead atoms. The van der Waals surface area contributed by atoms with Crippen LogP contribution in [0.25, 0.3) is 0 Å². The van der Waals surface area contributed by atoms with Crippen molar-refractivity contribution in [3.8, 4) is 0 Å². The molecule has 1 heterocycles. The summed E-state index contributed by atoms with van der Waals surface area (Å²) in [7, 11) is 0. The highest BCUT2D eigenvalue weighted by molar-refractivity contribution is 5.82. The minimum atomic E-state index is -0.724. The first-order valence-corrected chi connectivity index (χ1v) is 6.51. The average molecular weight is 256 g/mol. The number of hydrogen-bond acceptors (Lipinski definition) is 2. The second kappa shape index (κ2) is 4.53. The van der Waals surface area contributed by atoms with Gasteiger partial charge in [-0.1, -0.05) is 36.8 Å². The molecule has 0 aliphatic heterocycles. The van der Waals surface area contributed by atoms with E-state index in [9.17, 15) is 9.90 Å². The number of benzene rings is 1. The van der Waals surface area contributed by atoms with Crippen LogP contribution in [0.2, 0.25) is 0 Å². The van der Waals surface area contributed by atoms with Crippen LogP contribution in [0.1, 0.15) is 30.4 Å². The van der Waals surface area contributed by atoms with Crippen molar-refractivity contribution in [3.05, 3.63) is 53.9 Å². The van der Waals surface area contributed by atoms with Crippen molar-refractivity contribution in [2.75, 3.05) is 0 Å². The summed E-state index contributed by atoms with van der Waals surface area (Å²) >= 11 is 0. The van der Waals surface area contributed by atoms with Crippen LogP contribution >= 0.6 is 0 Å². The number of rotatable bonds is 4. The summed E-state index contributed by atoms with van der Waals surface area (Å²) in [6.07, 6.45) is 6.01. The molecule has 0 radical (unpaired) electrons. The maximum absolute atomic E-state index is 11.4. The molecule has 0 saturated heterocycles. The molecule has 1 aromatic heterocycles. The van der Waals surface area contributed by atoms with E-state index in [1.54, 1.807) is 6.20 Å². The van der Waals surface area contributed by atoms with E-state index in [0.29, 0.717) is 6.54 Å². The fraction of sp³-hybridized carbons (Fsp3) is 0.333. The number of carbonyl (C=O) groups is 1. The molecule has 1 saturated carbocycles. The Morgan fingerprint density at radius 2 is 2.05 bits per heavy atom. The Bertz CT molecular complexity index is 585. The van der Waals surface area contributed by atoms with E-state index in [2.05, 4.69) is 5.10 Å². The lowest BCUT2D eigenvalue weighted by atomic mass is 9.65. The van der Waals surface area contributed by atoms with Gasteiger partial charge in [0.05, 0.1) is 18.2 Å². The van der Waals surface area contributed by atoms with Crippen LogP contribution in [0.5, 0.6) is 0 Å². The topological polar surface area (TPSA) is 55.1 Å². The molecule has 4 nitrogen and oxygen atoms in total. The van der Waals surface area contributed by atoms with E-state index in [0.717, 1.165) is 30.4 Å². The Balaban J connectivity index is 1.82. The van der Waals surface area contributed by atoms with Gasteiger partial charge in [0.1, 0.15) is 0 Å². The molecule has 3 rings (SSSR count). The number of aromatic nitrogens is 2. The predicted molar refractivity (Wildman–Crippen MR) is 70.9 cm³/mol. The van der Waals surface area contributed by atoms with Crippen molar-refractivity contribution in [1.29, 1.82) is 0 Å². The second-order valence-corrected chi connectivity index (χ2v) is 5.15. The number of aliphatic carboxylic acids is 1. The lowest BCUT2D eigenvalue weighted by molar-refractivity contribution is -0.147. The molecule has 0 amide bonds. The maximum Gasteiger partial charge on any atom is 0.314 e. The summed E-state index contributed by atoms with van der Waals surface area (Å²) in [4.78, 5) is 11.4. The van der Waals surface area contributed by atoms with Crippen LogP contribution in [-0.2, 0) is 16.8 Å². The molecule has 19 heavy (non-hydrogen) atoms. The monoisotopic (exact) mass is 256 g/mol. The molecule has 0 unspecified atom stereocenters. The molecular weight excluding hydrogens is 240 g/mol. The Kier molecular flexibility index (Phi) is 2.85. The molecule has 1 aliphatic carbocycles. The van der Waals surface area contributed by atoms with E-state index >= 15 is 0 Å². The fourth-order valence-corrected chi connectivity index (χ4v) is 2.62. The van der Waals surface area contributed by atoms with Gasteiger partial charge in [0, 0.05) is 11.8 Å². The van der Waals surface area contributed by atoms with Gasteiger partial charge in [-0.05, 0) is 18.4 Å². The first-order valence-electron chi connectivity index (χ1n) is 6.51. The molecule has 0 atom stereocenters. The normalized spacial score (nSPS) is 16.8. The third kappa shape index (κ3) is 2.03. The van der Waals surface area contributed by atoms with Gasteiger partial charge in [0.25, 0.3) is 0 Å². The molecule has 1 N–H and O–H groups in total. The molecular formula is C15H16N2O2. The fourth-order valence-electron chi connectivity index (χ4n) is 2.62. The zero-order valence-corrected chi connectivity index (χ0v) is 10.6. The number of carboxylic acids is 1. The summed E-state index contributed by atoms with van der Waals surface area (Å²) < 4.78 is 1.81. The number of carboxylic acid groups (broad SMARTS) is 1. The molecule has 0 spiro atoms. The Morgan fingerprint density at radius 3 is 2.63 bits per heavy atom. The quantitative estimate of drug-likeness (QED) is 0.914. The smallest absolute Gasteiger partial charge is 0.314 e. The highest BCUT2D eigenvalue weighted by Gasteiger charge is 2.46. The van der Waals surface area contributed by atoms with Crippen LogP contribution in [0.15, 0.2) is 42.7 Å². The summed E-state index contributed by atoms with van der Waals surface area (Å²) in [5, 5.41) is 13.7. The Labute approximate surface area is 111 Å². The molecule has 98 valence electrons. The van der Waals surface area contributed by atoms with Crippen molar-refractivity contribution in [2.45, 2.75) is 31.2 Å². The minimum Gasteiger partial charge on any atom is -0.481 e. The SMILES string of the molecule is O=C(O)C1(c2cnn(Cc3ccccc3)c2)CCC1. The lowest BCUT2D eigenvalue weighted by Crippen LogP contribution is -2.42. The third-order valence-electron chi connectivity index (χ3n) is 3.99. The zero-order valence-electron chi connectivity index (χ0n) is 10.6. The standard InChI is InChI=1S/C15H16N2O2/c18-14(19)15(7-4-8-15)13-9-16-17(11-13)10-12-5-2-1-3-6-12/h1-3,5-6,9,11H,4,7-8,10H2,(H,18,19). The van der Waals surface area contributed by atoms with Gasteiger partial charge in [0.15, 0.2) is 0 Å². The van der Waals surface area contributed by atoms with Gasteiger partial charge >= 0.3 is 5.97 Å². The van der Waals surface area contributed by atoms with E-state index in [-0.39, 0.29) is 0 Å². The maximum atomic E-state index is 11.4. The van der Waals surface area contributed by atoms with E-state index in [1.165, 1.54) is 0 Å². The van der Waals surface area contributed by atoms with Gasteiger partial charge in [-0.15, -0.1) is 0 Å². The minimum absolute atomic E-state index is 0.677. The molecule has 1 aromatic carbocycles. The van der Waals surface area contributed by atoms with Crippen molar-refractivity contribution >= 4 is 5.97 Å². The van der Waals surface area contributed by atoms with Gasteiger partial charge in [0.2, 0.25) is 0 Å². The van der Waals surface area contributed by atoms with Crippen molar-refractivity contribution in [2.24, 2.45) is 0 Å². The lowest BCUT2D eigenvalue weighted by Gasteiger charge is -2.36. The summed E-state index contributed by atoms with van der Waals surface area (Å²) in [5.74, 6) is -0.724. The highest BCUT2D eigenvalue weighted by Crippen LogP contribution is 2.43. The number of nitrogens with zero attached hydrogens (tertiary/aromatic N) is 2. The predicted octanol–water partition coefficient (Wildman–Crippen LogP) is 2.44. The second-order valence-electron chi connectivity index (χ2n) is 5.15. The van der Waals surface area contributed by atoms with E-state index in [1.807, 2.05) is 41.2 Å². The van der Waals surface area contributed by atoms with Crippen LogP contribution < -0.4 is 0 Å². The summed E-state index contributed by atoms with van der Waals surface area (Å²) in [6.45, 7) is 0.677. The first kappa shape index (κ1) is 12.0. The van der Waals surface area contributed by atoms with Crippen LogP contribution in [0.4, 0.5) is 0 Å². The first-order chi connectivity index (χ1) is 9.21. The molecule has 4 heteroatoms. The Morgan fingerprint density at radius 1 is 1.32 bits per heavy atom. The average Bonchev–Trinajstić information content (AvgIpc) is 2.77. The van der Waals surface area contributed by atoms with Crippen LogP contribution in [0.3, 0.4) is 0 Å². The number of hydrogen-bond donors (Lipinski definition) is 1. The third-order valence-corrected chi connectivity index (χ3v) is 3.99. The molecule has 2 aromatic rings. The van der Waals surface area contributed by atoms with Crippen molar-refractivity contribution in [3.63, 3.8) is 0 Å². The van der Waals surface area contributed by atoms with Gasteiger partial charge in [-0.3, -0.25) is 9.48 Å². The van der Waals surface area contributed by atoms with Crippen molar-refractivity contribution < 1.29 is 9.90 Å². The van der Waals surface area contributed by atoms with Gasteiger partial charge in [-0.25, -0.2) is 0 Å². The zero-order chi connectivity index (χ0) is 13.3. The molecule has 1 fully saturated rings. The highest BCUT2D eigenvalue weighted by atomic mass is 16.4.